The van der Waals surface area contributed by atoms with Crippen LogP contribution in [-0.2, 0) is 0 Å². The van der Waals surface area contributed by atoms with Crippen molar-refractivity contribution in [2.24, 2.45) is 0 Å². The molecule has 0 atom stereocenters. The van der Waals surface area contributed by atoms with Crippen molar-refractivity contribution in [1.29, 1.82) is 0 Å². The number of aromatic nitrogens is 3. The first-order chi connectivity index (χ1) is 16.3. The van der Waals surface area contributed by atoms with Crippen LogP contribution in [0.15, 0.2) is 41.1 Å². The van der Waals surface area contributed by atoms with E-state index in [0.717, 1.165) is 19.3 Å². The first-order valence-electron chi connectivity index (χ1n) is 11.1. The molecule has 2 heterocycles. The van der Waals surface area contributed by atoms with E-state index in [9.17, 15) is 9.59 Å². The zero-order chi connectivity index (χ0) is 24.7. The van der Waals surface area contributed by atoms with Crippen LogP contribution >= 0.6 is 39.1 Å². The standard InChI is InChI=1S/C24H26BrCl2N5O2/c1-3-4-5-6-7-10-29-23(33)17-13-16(26)12-15(2)21(17)30-24(34)19-14-20(25)31-32(19)22-18(27)9-8-11-28-22/h8-9,11-14H,3-7,10H2,1-2H3,(H,29,33)(H,30,34). The predicted octanol–water partition coefficient (Wildman–Crippen LogP) is 6.60. The Bertz CT molecular complexity index is 1180. The Morgan fingerprint density at radius 3 is 2.59 bits per heavy atom. The monoisotopic (exact) mass is 565 g/mol. The minimum atomic E-state index is -0.473. The van der Waals surface area contributed by atoms with Crippen molar-refractivity contribution < 1.29 is 9.59 Å². The Balaban J connectivity index is 1.83. The summed E-state index contributed by atoms with van der Waals surface area (Å²) in [7, 11) is 0. The highest BCUT2D eigenvalue weighted by Gasteiger charge is 2.22. The van der Waals surface area contributed by atoms with Gasteiger partial charge in [-0.1, -0.05) is 55.8 Å². The molecule has 0 bridgehead atoms. The van der Waals surface area contributed by atoms with Crippen LogP contribution in [0.4, 0.5) is 5.69 Å². The highest BCUT2D eigenvalue weighted by Crippen LogP contribution is 2.27. The molecule has 1 aromatic carbocycles. The molecule has 0 fully saturated rings. The third-order valence-corrected chi connectivity index (χ3v) is 6.10. The number of nitrogens with one attached hydrogen (secondary N) is 2. The SMILES string of the molecule is CCCCCCCNC(=O)c1cc(Cl)cc(C)c1NC(=O)c1cc(Br)nn1-c1ncccc1Cl. The number of unbranched alkanes of at least 4 members (excludes halogenated alkanes) is 4. The van der Waals surface area contributed by atoms with E-state index >= 15 is 0 Å². The minimum Gasteiger partial charge on any atom is -0.352 e. The first-order valence-corrected chi connectivity index (χ1v) is 12.6. The fourth-order valence-electron chi connectivity index (χ4n) is 3.50. The number of carbonyl (C=O) groups is 2. The van der Waals surface area contributed by atoms with E-state index in [4.69, 9.17) is 23.2 Å². The fraction of sp³-hybridized carbons (Fsp3) is 0.333. The first kappa shape index (κ1) is 26.2. The van der Waals surface area contributed by atoms with E-state index in [0.29, 0.717) is 43.8 Å². The van der Waals surface area contributed by atoms with Gasteiger partial charge >= 0.3 is 0 Å². The zero-order valence-corrected chi connectivity index (χ0v) is 22.1. The van der Waals surface area contributed by atoms with E-state index in [1.165, 1.54) is 17.5 Å². The van der Waals surface area contributed by atoms with Crippen molar-refractivity contribution in [2.45, 2.75) is 46.0 Å². The van der Waals surface area contributed by atoms with Gasteiger partial charge in [0.05, 0.1) is 16.3 Å². The maximum atomic E-state index is 13.3. The number of aryl methyl sites for hydroxylation is 1. The molecule has 34 heavy (non-hydrogen) atoms. The summed E-state index contributed by atoms with van der Waals surface area (Å²) in [5.74, 6) is -0.452. The summed E-state index contributed by atoms with van der Waals surface area (Å²) < 4.78 is 1.79. The lowest BCUT2D eigenvalue weighted by Crippen LogP contribution is -2.27. The molecule has 0 spiro atoms. The van der Waals surface area contributed by atoms with Crippen molar-refractivity contribution in [2.75, 3.05) is 11.9 Å². The van der Waals surface area contributed by atoms with Crippen molar-refractivity contribution in [1.82, 2.24) is 20.1 Å². The largest absolute Gasteiger partial charge is 0.352 e. The Morgan fingerprint density at radius 2 is 1.85 bits per heavy atom. The lowest BCUT2D eigenvalue weighted by Gasteiger charge is -2.15. The maximum absolute atomic E-state index is 13.3. The van der Waals surface area contributed by atoms with Crippen LogP contribution in [-0.4, -0.2) is 33.1 Å². The van der Waals surface area contributed by atoms with Gasteiger partial charge in [-0.15, -0.1) is 0 Å². The van der Waals surface area contributed by atoms with Crippen molar-refractivity contribution in [3.8, 4) is 5.82 Å². The van der Waals surface area contributed by atoms with Gasteiger partial charge in [0.25, 0.3) is 11.8 Å². The van der Waals surface area contributed by atoms with Gasteiger partial charge in [-0.2, -0.15) is 5.10 Å². The topological polar surface area (TPSA) is 88.9 Å². The highest BCUT2D eigenvalue weighted by molar-refractivity contribution is 9.10. The maximum Gasteiger partial charge on any atom is 0.274 e. The molecule has 0 aliphatic carbocycles. The number of anilines is 1. The van der Waals surface area contributed by atoms with Crippen LogP contribution in [0.5, 0.6) is 0 Å². The number of carbonyl (C=O) groups excluding carboxylic acids is 2. The van der Waals surface area contributed by atoms with Crippen LogP contribution in [0.3, 0.4) is 0 Å². The molecule has 3 rings (SSSR count). The average molecular weight is 567 g/mol. The van der Waals surface area contributed by atoms with E-state index in [2.05, 4.69) is 43.6 Å². The minimum absolute atomic E-state index is 0.198. The molecule has 0 aliphatic rings. The van der Waals surface area contributed by atoms with Crippen molar-refractivity contribution in [3.05, 3.63) is 68.0 Å². The Kier molecular flexibility index (Phi) is 9.50. The number of hydrogen-bond donors (Lipinski definition) is 2. The summed E-state index contributed by atoms with van der Waals surface area (Å²) >= 11 is 15.8. The van der Waals surface area contributed by atoms with Gasteiger partial charge in [-0.3, -0.25) is 9.59 Å². The molecule has 2 aromatic heterocycles. The van der Waals surface area contributed by atoms with Crippen LogP contribution < -0.4 is 10.6 Å². The summed E-state index contributed by atoms with van der Waals surface area (Å²) in [4.78, 5) is 30.5. The lowest BCUT2D eigenvalue weighted by molar-refractivity contribution is 0.0953. The molecule has 3 aromatic rings. The van der Waals surface area contributed by atoms with Crippen molar-refractivity contribution in [3.63, 3.8) is 0 Å². The van der Waals surface area contributed by atoms with Gasteiger partial charge in [0.2, 0.25) is 0 Å². The quantitative estimate of drug-likeness (QED) is 0.271. The summed E-state index contributed by atoms with van der Waals surface area (Å²) in [5.41, 5.74) is 1.54. The molecule has 0 saturated heterocycles. The number of halogens is 3. The molecular formula is C24H26BrCl2N5O2. The molecule has 180 valence electrons. The van der Waals surface area contributed by atoms with Crippen molar-refractivity contribution >= 4 is 56.6 Å². The summed E-state index contributed by atoms with van der Waals surface area (Å²) in [5, 5.41) is 10.8. The fourth-order valence-corrected chi connectivity index (χ4v) is 4.35. The Labute approximate surface area is 217 Å². The summed E-state index contributed by atoms with van der Waals surface area (Å²) in [6.45, 7) is 4.50. The van der Waals surface area contributed by atoms with Gasteiger partial charge in [-0.25, -0.2) is 9.67 Å². The van der Waals surface area contributed by atoms with E-state index in [1.807, 2.05) is 0 Å². The summed E-state index contributed by atoms with van der Waals surface area (Å²) in [6, 6.07) is 8.16. The van der Waals surface area contributed by atoms with Crippen LogP contribution in [0.1, 0.15) is 65.4 Å². The number of amides is 2. The van der Waals surface area contributed by atoms with Gasteiger partial charge in [0.15, 0.2) is 5.82 Å². The third kappa shape index (κ3) is 6.58. The summed E-state index contributed by atoms with van der Waals surface area (Å²) in [6.07, 6.45) is 7.01. The Hall–Kier alpha value is -2.42. The van der Waals surface area contributed by atoms with E-state index < -0.39 is 5.91 Å². The van der Waals surface area contributed by atoms with Crippen LogP contribution in [0, 0.1) is 6.92 Å². The number of hydrogen-bond acceptors (Lipinski definition) is 4. The molecule has 2 amide bonds. The number of rotatable bonds is 10. The van der Waals surface area contributed by atoms with E-state index in [1.54, 1.807) is 43.5 Å². The van der Waals surface area contributed by atoms with Gasteiger partial charge in [0, 0.05) is 23.8 Å². The van der Waals surface area contributed by atoms with Gasteiger partial charge in [0.1, 0.15) is 10.3 Å². The number of pyridine rings is 1. The second-order valence-corrected chi connectivity index (χ2v) is 9.50. The highest BCUT2D eigenvalue weighted by atomic mass is 79.9. The number of benzene rings is 1. The third-order valence-electron chi connectivity index (χ3n) is 5.20. The van der Waals surface area contributed by atoms with E-state index in [-0.39, 0.29) is 11.6 Å². The molecular weight excluding hydrogens is 541 g/mol. The molecule has 0 unspecified atom stereocenters. The molecule has 10 heteroatoms. The molecule has 0 radical (unpaired) electrons. The van der Waals surface area contributed by atoms with Crippen LogP contribution in [0.25, 0.3) is 5.82 Å². The zero-order valence-electron chi connectivity index (χ0n) is 19.0. The Morgan fingerprint density at radius 1 is 1.09 bits per heavy atom. The number of nitrogens with zero attached hydrogens (tertiary/aromatic N) is 3. The second-order valence-electron chi connectivity index (χ2n) is 7.84. The molecule has 0 saturated carbocycles. The smallest absolute Gasteiger partial charge is 0.274 e. The normalized spacial score (nSPS) is 10.9. The lowest BCUT2D eigenvalue weighted by atomic mass is 10.1. The average Bonchev–Trinajstić information content (AvgIpc) is 3.19. The molecule has 7 nitrogen and oxygen atoms in total. The van der Waals surface area contributed by atoms with Gasteiger partial charge < -0.3 is 10.6 Å². The van der Waals surface area contributed by atoms with Crippen LogP contribution in [0.2, 0.25) is 10.0 Å². The molecule has 0 aliphatic heterocycles. The molecule has 2 N–H and O–H groups in total. The van der Waals surface area contributed by atoms with Gasteiger partial charge in [-0.05, 0) is 59.1 Å². The predicted molar refractivity (Wildman–Crippen MR) is 139 cm³/mol. The second kappa shape index (κ2) is 12.3.